The first-order valence-corrected chi connectivity index (χ1v) is 10.1. The molecule has 0 spiro atoms. The van der Waals surface area contributed by atoms with Crippen molar-refractivity contribution in [3.63, 3.8) is 0 Å². The molecule has 4 rings (SSSR count). The van der Waals surface area contributed by atoms with E-state index in [1.165, 1.54) is 16.7 Å². The highest BCUT2D eigenvalue weighted by molar-refractivity contribution is 7.99. The van der Waals surface area contributed by atoms with Crippen LogP contribution in [0.1, 0.15) is 10.4 Å². The zero-order valence-corrected chi connectivity index (χ0v) is 16.6. The highest BCUT2D eigenvalue weighted by Crippen LogP contribution is 2.24. The number of para-hydroxylation sites is 2. The largest absolute Gasteiger partial charge is 0.293 e. The summed E-state index contributed by atoms with van der Waals surface area (Å²) in [6.45, 7) is 0. The molecule has 0 unspecified atom stereocenters. The summed E-state index contributed by atoms with van der Waals surface area (Å²) in [6, 6.07) is 19.4. The van der Waals surface area contributed by atoms with Gasteiger partial charge in [-0.1, -0.05) is 47.6 Å². The molecule has 0 atom stereocenters. The molecule has 0 radical (unpaired) electrons. The van der Waals surface area contributed by atoms with Crippen molar-refractivity contribution in [2.24, 2.45) is 0 Å². The predicted octanol–water partition coefficient (Wildman–Crippen LogP) is 5.15. The number of nitrogens with zero attached hydrogens (tertiary/aromatic N) is 2. The Labute approximate surface area is 175 Å². The minimum absolute atomic E-state index is 0.0425. The Morgan fingerprint density at radius 1 is 1.00 bits per heavy atom. The number of hydrogen-bond acceptors (Lipinski definition) is 4. The van der Waals surface area contributed by atoms with Crippen molar-refractivity contribution in [3.8, 4) is 5.69 Å². The van der Waals surface area contributed by atoms with Crippen LogP contribution in [-0.4, -0.2) is 21.1 Å². The van der Waals surface area contributed by atoms with Crippen LogP contribution in [0.4, 0.5) is 4.39 Å². The van der Waals surface area contributed by atoms with Crippen LogP contribution in [0.15, 0.2) is 82.7 Å². The van der Waals surface area contributed by atoms with Crippen molar-refractivity contribution in [3.05, 3.63) is 99.6 Å². The molecule has 0 saturated carbocycles. The second kappa shape index (κ2) is 8.19. The van der Waals surface area contributed by atoms with Gasteiger partial charge in [0.25, 0.3) is 5.56 Å². The fourth-order valence-electron chi connectivity index (χ4n) is 2.90. The highest BCUT2D eigenvalue weighted by Gasteiger charge is 2.17. The van der Waals surface area contributed by atoms with Crippen molar-refractivity contribution in [1.29, 1.82) is 0 Å². The van der Waals surface area contributed by atoms with Gasteiger partial charge in [0.2, 0.25) is 0 Å². The number of fused-ring (bicyclic) bond motifs is 1. The van der Waals surface area contributed by atoms with Gasteiger partial charge in [0.1, 0.15) is 5.82 Å². The second-order valence-corrected chi connectivity index (χ2v) is 7.60. The minimum Gasteiger partial charge on any atom is -0.293 e. The predicted molar refractivity (Wildman–Crippen MR) is 114 cm³/mol. The van der Waals surface area contributed by atoms with Crippen LogP contribution in [-0.2, 0) is 0 Å². The Morgan fingerprint density at radius 3 is 2.45 bits per heavy atom. The number of ketones is 1. The van der Waals surface area contributed by atoms with Gasteiger partial charge in [-0.25, -0.2) is 9.37 Å². The molecule has 0 aliphatic rings. The van der Waals surface area contributed by atoms with E-state index in [9.17, 15) is 14.0 Å². The molecule has 1 heterocycles. The molecular formula is C22H14ClFN2O2S. The summed E-state index contributed by atoms with van der Waals surface area (Å²) in [5.41, 5.74) is 0.702. The summed E-state index contributed by atoms with van der Waals surface area (Å²) in [5.74, 6) is -0.646. The zero-order chi connectivity index (χ0) is 20.4. The summed E-state index contributed by atoms with van der Waals surface area (Å²) in [7, 11) is 0. The Hall–Kier alpha value is -2.96. The molecule has 0 amide bonds. The molecule has 4 nitrogen and oxygen atoms in total. The summed E-state index contributed by atoms with van der Waals surface area (Å²) in [5, 5.41) is 1.17. The van der Waals surface area contributed by atoms with Crippen LogP contribution in [0.25, 0.3) is 16.6 Å². The molecule has 0 aliphatic carbocycles. The SMILES string of the molecule is O=C(CSc1nc2ccccc2c(=O)n1-c1ccccc1F)c1ccc(Cl)cc1. The fraction of sp³-hybridized carbons (Fsp3) is 0.0455. The van der Waals surface area contributed by atoms with E-state index >= 15 is 0 Å². The highest BCUT2D eigenvalue weighted by atomic mass is 35.5. The topological polar surface area (TPSA) is 52.0 Å². The van der Waals surface area contributed by atoms with E-state index in [1.54, 1.807) is 60.7 Å². The summed E-state index contributed by atoms with van der Waals surface area (Å²) in [6.07, 6.45) is 0. The van der Waals surface area contributed by atoms with Gasteiger partial charge < -0.3 is 0 Å². The molecule has 0 aliphatic heterocycles. The fourth-order valence-corrected chi connectivity index (χ4v) is 3.93. The summed E-state index contributed by atoms with van der Waals surface area (Å²) >= 11 is 6.95. The Bertz CT molecular complexity index is 1270. The maximum atomic E-state index is 14.5. The van der Waals surface area contributed by atoms with E-state index in [2.05, 4.69) is 4.98 Å². The third kappa shape index (κ3) is 3.95. The number of rotatable bonds is 5. The van der Waals surface area contributed by atoms with Crippen molar-refractivity contribution in [2.45, 2.75) is 5.16 Å². The molecule has 1 aromatic heterocycles. The molecule has 144 valence electrons. The van der Waals surface area contributed by atoms with E-state index in [4.69, 9.17) is 11.6 Å². The van der Waals surface area contributed by atoms with Gasteiger partial charge >= 0.3 is 0 Å². The van der Waals surface area contributed by atoms with Gasteiger partial charge in [-0.05, 0) is 48.5 Å². The molecule has 3 aromatic carbocycles. The van der Waals surface area contributed by atoms with Crippen LogP contribution in [0.5, 0.6) is 0 Å². The lowest BCUT2D eigenvalue weighted by molar-refractivity contribution is 0.102. The molecule has 7 heteroatoms. The standard InChI is InChI=1S/C22H14ClFN2O2S/c23-15-11-9-14(10-12-15)20(27)13-29-22-25-18-7-3-1-5-16(18)21(28)26(22)19-8-4-2-6-17(19)24/h1-12H,13H2. The lowest BCUT2D eigenvalue weighted by Crippen LogP contribution is -2.23. The van der Waals surface area contributed by atoms with Crippen LogP contribution in [0.3, 0.4) is 0 Å². The first-order valence-electron chi connectivity index (χ1n) is 8.73. The average Bonchev–Trinajstić information content (AvgIpc) is 2.73. The zero-order valence-electron chi connectivity index (χ0n) is 15.0. The van der Waals surface area contributed by atoms with Gasteiger partial charge in [-0.15, -0.1) is 0 Å². The van der Waals surface area contributed by atoms with E-state index in [1.807, 2.05) is 0 Å². The van der Waals surface area contributed by atoms with Gasteiger partial charge in [0, 0.05) is 10.6 Å². The number of benzene rings is 3. The summed E-state index contributed by atoms with van der Waals surface area (Å²) < 4.78 is 15.7. The van der Waals surface area contributed by atoms with E-state index < -0.39 is 5.82 Å². The minimum atomic E-state index is -0.544. The van der Waals surface area contributed by atoms with Crippen molar-refractivity contribution in [2.75, 3.05) is 5.75 Å². The van der Waals surface area contributed by atoms with Crippen molar-refractivity contribution in [1.82, 2.24) is 9.55 Å². The molecule has 0 bridgehead atoms. The Balaban J connectivity index is 1.77. The second-order valence-electron chi connectivity index (χ2n) is 6.22. The van der Waals surface area contributed by atoms with Crippen molar-refractivity contribution >= 4 is 40.0 Å². The lowest BCUT2D eigenvalue weighted by Gasteiger charge is -2.13. The quantitative estimate of drug-likeness (QED) is 0.252. The number of halogens is 2. The number of carbonyl (C=O) groups is 1. The molecule has 4 aromatic rings. The maximum absolute atomic E-state index is 14.5. The lowest BCUT2D eigenvalue weighted by atomic mass is 10.1. The number of carbonyl (C=O) groups excluding carboxylic acids is 1. The van der Waals surface area contributed by atoms with Crippen molar-refractivity contribution < 1.29 is 9.18 Å². The molecule has 0 fully saturated rings. The summed E-state index contributed by atoms with van der Waals surface area (Å²) in [4.78, 5) is 30.2. The Morgan fingerprint density at radius 2 is 1.69 bits per heavy atom. The monoisotopic (exact) mass is 424 g/mol. The maximum Gasteiger partial charge on any atom is 0.266 e. The normalized spacial score (nSPS) is 11.0. The smallest absolute Gasteiger partial charge is 0.266 e. The van der Waals surface area contributed by atoms with Gasteiger partial charge in [0.05, 0.1) is 22.3 Å². The van der Waals surface area contributed by atoms with Crippen LogP contribution in [0, 0.1) is 5.82 Å². The first-order chi connectivity index (χ1) is 14.0. The molecule has 0 saturated heterocycles. The van der Waals surface area contributed by atoms with E-state index in [-0.39, 0.29) is 27.9 Å². The number of thioether (sulfide) groups is 1. The number of hydrogen-bond donors (Lipinski definition) is 0. The third-order valence-corrected chi connectivity index (χ3v) is 5.53. The number of aromatic nitrogens is 2. The average molecular weight is 425 g/mol. The van der Waals surface area contributed by atoms with Gasteiger partial charge in [-0.3, -0.25) is 14.2 Å². The van der Waals surface area contributed by atoms with E-state index in [0.717, 1.165) is 11.8 Å². The molecule has 0 N–H and O–H groups in total. The Kier molecular flexibility index (Phi) is 5.47. The van der Waals surface area contributed by atoms with E-state index in [0.29, 0.717) is 21.5 Å². The first kappa shape index (κ1) is 19.4. The van der Waals surface area contributed by atoms with Gasteiger partial charge in [0.15, 0.2) is 10.9 Å². The van der Waals surface area contributed by atoms with Gasteiger partial charge in [-0.2, -0.15) is 0 Å². The molecular weight excluding hydrogens is 411 g/mol. The van der Waals surface area contributed by atoms with Crippen LogP contribution >= 0.6 is 23.4 Å². The molecule has 29 heavy (non-hydrogen) atoms. The third-order valence-electron chi connectivity index (χ3n) is 4.34. The number of Topliss-reactive ketones (excluding diaryl/α,β-unsaturated/α-hetero) is 1. The van der Waals surface area contributed by atoms with Crippen LogP contribution < -0.4 is 5.56 Å². The van der Waals surface area contributed by atoms with Crippen LogP contribution in [0.2, 0.25) is 5.02 Å².